The van der Waals surface area contributed by atoms with Gasteiger partial charge in [0, 0.05) is 31.9 Å². The molecule has 0 atom stereocenters. The SMILES string of the molecule is CCN(C[C@H]1CC[C@H](C(=O)O)CC1)c1ccc(OC(F)(F)F)cc1CN(Cc1cc(C(F)(F)F)cc(C(F)(F)F)c1)c1nnn(C)n1.Cl. The predicted molar refractivity (Wildman–Crippen MR) is 156 cm³/mol. The second-order valence-electron chi connectivity index (χ2n) is 11.3. The van der Waals surface area contributed by atoms with Gasteiger partial charge in [0.2, 0.25) is 0 Å². The fourth-order valence-corrected chi connectivity index (χ4v) is 5.63. The van der Waals surface area contributed by atoms with Crippen molar-refractivity contribution in [3.63, 3.8) is 0 Å². The lowest BCUT2D eigenvalue weighted by Gasteiger charge is -2.34. The third-order valence-electron chi connectivity index (χ3n) is 7.84. The van der Waals surface area contributed by atoms with Crippen molar-refractivity contribution in [2.24, 2.45) is 18.9 Å². The average Bonchev–Trinajstić information content (AvgIpc) is 3.40. The summed E-state index contributed by atoms with van der Waals surface area (Å²) in [4.78, 5) is 15.5. The van der Waals surface area contributed by atoms with Gasteiger partial charge in [0.15, 0.2) is 0 Å². The first-order valence-electron chi connectivity index (χ1n) is 14.5. The quantitative estimate of drug-likeness (QED) is 0.204. The Bertz CT molecular complexity index is 1510. The van der Waals surface area contributed by atoms with Gasteiger partial charge in [-0.05, 0) is 91.3 Å². The molecule has 266 valence electrons. The number of alkyl halides is 9. The van der Waals surface area contributed by atoms with Crippen molar-refractivity contribution < 1.29 is 54.2 Å². The zero-order valence-electron chi connectivity index (χ0n) is 25.5. The van der Waals surface area contributed by atoms with Gasteiger partial charge in [-0.1, -0.05) is 5.10 Å². The first-order valence-corrected chi connectivity index (χ1v) is 14.5. The maximum atomic E-state index is 13.6. The van der Waals surface area contributed by atoms with E-state index in [1.807, 2.05) is 4.90 Å². The molecule has 0 unspecified atom stereocenters. The number of ether oxygens (including phenoxy) is 1. The first-order chi connectivity index (χ1) is 21.8. The highest BCUT2D eigenvalue weighted by Crippen LogP contribution is 2.38. The van der Waals surface area contributed by atoms with Crippen molar-refractivity contribution >= 4 is 30.0 Å². The minimum Gasteiger partial charge on any atom is -0.481 e. The van der Waals surface area contributed by atoms with Crippen molar-refractivity contribution in [1.82, 2.24) is 20.2 Å². The van der Waals surface area contributed by atoms with Gasteiger partial charge in [-0.15, -0.1) is 30.7 Å². The molecule has 48 heavy (non-hydrogen) atoms. The highest BCUT2D eigenvalue weighted by molar-refractivity contribution is 5.85. The number of aryl methyl sites for hydroxylation is 1. The van der Waals surface area contributed by atoms with E-state index < -0.39 is 59.6 Å². The lowest BCUT2D eigenvalue weighted by Crippen LogP contribution is -2.34. The Morgan fingerprint density at radius 1 is 0.917 bits per heavy atom. The van der Waals surface area contributed by atoms with Crippen LogP contribution in [0.1, 0.15) is 54.9 Å². The largest absolute Gasteiger partial charge is 0.573 e. The van der Waals surface area contributed by atoms with E-state index in [1.165, 1.54) is 18.0 Å². The first kappa shape index (κ1) is 38.5. The smallest absolute Gasteiger partial charge is 0.481 e. The Morgan fingerprint density at radius 3 is 2.00 bits per heavy atom. The van der Waals surface area contributed by atoms with Gasteiger partial charge in [-0.25, -0.2) is 0 Å². The molecule has 0 radical (unpaired) electrons. The van der Waals surface area contributed by atoms with Gasteiger partial charge in [-0.3, -0.25) is 4.79 Å². The number of rotatable bonds is 11. The van der Waals surface area contributed by atoms with Crippen molar-refractivity contribution in [2.45, 2.75) is 64.4 Å². The topological polar surface area (TPSA) is 96.6 Å². The number of benzene rings is 2. The van der Waals surface area contributed by atoms with Crippen LogP contribution >= 0.6 is 12.4 Å². The van der Waals surface area contributed by atoms with Crippen LogP contribution in [0.15, 0.2) is 36.4 Å². The van der Waals surface area contributed by atoms with Gasteiger partial charge in [0.25, 0.3) is 5.95 Å². The van der Waals surface area contributed by atoms with Crippen LogP contribution in [0.4, 0.5) is 51.1 Å². The molecule has 3 aromatic rings. The van der Waals surface area contributed by atoms with E-state index in [1.54, 1.807) is 6.92 Å². The maximum absolute atomic E-state index is 13.6. The molecule has 0 aliphatic heterocycles. The molecule has 1 aromatic heterocycles. The number of halogens is 10. The zero-order chi connectivity index (χ0) is 34.7. The highest BCUT2D eigenvalue weighted by Gasteiger charge is 2.37. The minimum absolute atomic E-state index is 0. The van der Waals surface area contributed by atoms with Gasteiger partial charge in [0.05, 0.1) is 24.1 Å². The average molecular weight is 719 g/mol. The molecule has 1 heterocycles. The zero-order valence-corrected chi connectivity index (χ0v) is 26.3. The van der Waals surface area contributed by atoms with Crippen LogP contribution < -0.4 is 14.5 Å². The number of anilines is 2. The Kier molecular flexibility index (Phi) is 12.1. The minimum atomic E-state index is -5.10. The molecule has 1 fully saturated rings. The lowest BCUT2D eigenvalue weighted by atomic mass is 9.81. The molecule has 19 heteroatoms. The summed E-state index contributed by atoms with van der Waals surface area (Å²) >= 11 is 0. The van der Waals surface area contributed by atoms with Gasteiger partial charge in [-0.2, -0.15) is 31.1 Å². The van der Waals surface area contributed by atoms with E-state index in [2.05, 4.69) is 20.1 Å². The molecule has 1 aliphatic rings. The molecular formula is C29H32ClF9N6O3. The van der Waals surface area contributed by atoms with E-state index in [4.69, 9.17) is 0 Å². The Labute approximate surface area is 275 Å². The molecule has 1 aliphatic carbocycles. The number of carbonyl (C=O) groups is 1. The van der Waals surface area contributed by atoms with Crippen molar-refractivity contribution in [3.8, 4) is 5.75 Å². The van der Waals surface area contributed by atoms with Crippen LogP contribution in [0.5, 0.6) is 5.75 Å². The molecule has 0 saturated heterocycles. The lowest BCUT2D eigenvalue weighted by molar-refractivity contribution is -0.274. The fourth-order valence-electron chi connectivity index (χ4n) is 5.63. The Balaban J connectivity index is 0.00000625. The van der Waals surface area contributed by atoms with Gasteiger partial charge < -0.3 is 19.6 Å². The number of tetrazole rings is 1. The number of hydrogen-bond donors (Lipinski definition) is 1. The van der Waals surface area contributed by atoms with Crippen LogP contribution in [0.2, 0.25) is 0 Å². The molecular weight excluding hydrogens is 687 g/mol. The predicted octanol–water partition coefficient (Wildman–Crippen LogP) is 7.49. The summed E-state index contributed by atoms with van der Waals surface area (Å²) < 4.78 is 125. The molecule has 9 nitrogen and oxygen atoms in total. The third kappa shape index (κ3) is 10.3. The van der Waals surface area contributed by atoms with Gasteiger partial charge in [0.1, 0.15) is 5.75 Å². The van der Waals surface area contributed by atoms with E-state index in [9.17, 15) is 49.4 Å². The molecule has 0 spiro atoms. The monoisotopic (exact) mass is 718 g/mol. The summed E-state index contributed by atoms with van der Waals surface area (Å²) in [5.41, 5.74) is -2.87. The summed E-state index contributed by atoms with van der Waals surface area (Å²) in [6, 6.07) is 4.67. The molecule has 0 bridgehead atoms. The number of nitrogens with zero attached hydrogens (tertiary/aromatic N) is 6. The number of aliphatic carboxylic acids is 1. The van der Waals surface area contributed by atoms with E-state index in [-0.39, 0.29) is 42.4 Å². The summed E-state index contributed by atoms with van der Waals surface area (Å²) in [5.74, 6) is -2.08. The van der Waals surface area contributed by atoms with E-state index >= 15 is 0 Å². The van der Waals surface area contributed by atoms with Crippen LogP contribution in [-0.2, 0) is 37.3 Å². The van der Waals surface area contributed by atoms with Crippen LogP contribution in [0.25, 0.3) is 0 Å². The molecule has 2 aromatic carbocycles. The highest BCUT2D eigenvalue weighted by atomic mass is 35.5. The number of hydrogen-bond acceptors (Lipinski definition) is 7. The second-order valence-corrected chi connectivity index (χ2v) is 11.3. The van der Waals surface area contributed by atoms with E-state index in [0.717, 1.165) is 16.9 Å². The number of carboxylic acid groups (broad SMARTS) is 1. The molecule has 4 rings (SSSR count). The summed E-state index contributed by atoms with van der Waals surface area (Å²) in [5, 5.41) is 20.9. The molecule has 1 saturated carbocycles. The number of carboxylic acids is 1. The standard InChI is InChI=1S/C29H31F9N6O3.ClH/c1-3-43(14-17-4-6-19(7-5-17)25(45)46)24-9-8-23(47-29(36,37)38)12-20(24)16-44(26-39-41-42(2)40-26)15-18-10-21(27(30,31)32)13-22(11-18)28(33,34)35;/h8-13,17,19H,3-7,14-16H2,1-2H3,(H,45,46);1H/t17-,19-;. The van der Waals surface area contributed by atoms with Gasteiger partial charge >= 0.3 is 24.7 Å². The molecule has 1 N–H and O–H groups in total. The van der Waals surface area contributed by atoms with Crippen LogP contribution in [0.3, 0.4) is 0 Å². The summed E-state index contributed by atoms with van der Waals surface area (Å²) in [7, 11) is 1.38. The van der Waals surface area contributed by atoms with Crippen LogP contribution in [-0.4, -0.2) is 50.7 Å². The third-order valence-corrected chi connectivity index (χ3v) is 7.84. The Morgan fingerprint density at radius 2 is 1.52 bits per heavy atom. The second kappa shape index (κ2) is 15.1. The molecule has 0 amide bonds. The van der Waals surface area contributed by atoms with Crippen molar-refractivity contribution in [3.05, 3.63) is 58.7 Å². The Hall–Kier alpha value is -3.96. The van der Waals surface area contributed by atoms with Crippen molar-refractivity contribution in [1.29, 1.82) is 0 Å². The fraction of sp³-hybridized carbons (Fsp3) is 0.517. The van der Waals surface area contributed by atoms with Crippen molar-refractivity contribution in [2.75, 3.05) is 22.9 Å². The van der Waals surface area contributed by atoms with E-state index in [0.29, 0.717) is 56.6 Å². The van der Waals surface area contributed by atoms with Crippen LogP contribution in [0, 0.1) is 11.8 Å². The number of aromatic nitrogens is 4. The normalized spacial score (nSPS) is 17.1. The maximum Gasteiger partial charge on any atom is 0.573 e. The summed E-state index contributed by atoms with van der Waals surface area (Å²) in [6.07, 6.45) is -13.1. The summed E-state index contributed by atoms with van der Waals surface area (Å²) in [6.45, 7) is 1.62.